The Bertz CT molecular complexity index is 2420. The number of aromatic nitrogens is 2. The van der Waals surface area contributed by atoms with Crippen LogP contribution in [0.1, 0.15) is 0 Å². The number of fused-ring (bicyclic) bond motifs is 4. The summed E-state index contributed by atoms with van der Waals surface area (Å²) < 4.78 is 6.70. The first-order valence-electron chi connectivity index (χ1n) is 13.8. The van der Waals surface area contributed by atoms with Crippen molar-refractivity contribution in [3.63, 3.8) is 0 Å². The van der Waals surface area contributed by atoms with Crippen molar-refractivity contribution in [1.29, 1.82) is 0 Å². The molecule has 9 aromatic rings. The Morgan fingerprint density at radius 1 is 0.415 bits per heavy atom. The van der Waals surface area contributed by atoms with Crippen molar-refractivity contribution in [3.8, 4) is 33.6 Å². The average molecular weight is 523 g/mol. The van der Waals surface area contributed by atoms with E-state index >= 15 is 0 Å². The van der Waals surface area contributed by atoms with Crippen molar-refractivity contribution < 1.29 is 4.42 Å². The average Bonchev–Trinajstić information content (AvgIpc) is 3.44. The first-order valence-corrected chi connectivity index (χ1v) is 13.8. The maximum atomic E-state index is 6.70. The van der Waals surface area contributed by atoms with E-state index in [1.54, 1.807) is 0 Å². The van der Waals surface area contributed by atoms with Crippen LogP contribution in [0.25, 0.3) is 88.2 Å². The standard InChI is InChI=1S/C38H22N2O/c1-2-10-23(11-3-1)24-12-8-13-25(22-24)36-37(40-32-18-7-6-17-31(32)39-36)30-21-20-29-27-15-5-4-14-26(27)28-16-9-19-33-34(28)35(29)38(30)41-33/h1-22H. The van der Waals surface area contributed by atoms with E-state index in [-0.39, 0.29) is 0 Å². The number of nitrogens with zero attached hydrogens (tertiary/aromatic N) is 2. The summed E-state index contributed by atoms with van der Waals surface area (Å²) in [4.78, 5) is 10.4. The molecule has 0 aliphatic carbocycles. The van der Waals surface area contributed by atoms with Gasteiger partial charge in [0.15, 0.2) is 0 Å². The molecule has 0 unspecified atom stereocenters. The van der Waals surface area contributed by atoms with Crippen molar-refractivity contribution in [2.24, 2.45) is 0 Å². The Hall–Kier alpha value is -5.54. The van der Waals surface area contributed by atoms with E-state index in [0.29, 0.717) is 0 Å². The van der Waals surface area contributed by atoms with Crippen LogP contribution in [0, 0.1) is 0 Å². The van der Waals surface area contributed by atoms with Gasteiger partial charge in [0.25, 0.3) is 0 Å². The molecule has 7 aromatic carbocycles. The van der Waals surface area contributed by atoms with Crippen LogP contribution in [0.5, 0.6) is 0 Å². The molecule has 41 heavy (non-hydrogen) atoms. The molecule has 0 N–H and O–H groups in total. The fraction of sp³-hybridized carbons (Fsp3) is 0. The fourth-order valence-electron chi connectivity index (χ4n) is 6.37. The highest BCUT2D eigenvalue weighted by Crippen LogP contribution is 2.46. The molecule has 0 radical (unpaired) electrons. The number of rotatable bonds is 3. The lowest BCUT2D eigenvalue weighted by molar-refractivity contribution is 0.670. The van der Waals surface area contributed by atoms with Gasteiger partial charge in [-0.1, -0.05) is 103 Å². The molecule has 0 saturated heterocycles. The number of hydrogen-bond acceptors (Lipinski definition) is 3. The summed E-state index contributed by atoms with van der Waals surface area (Å²) in [6.45, 7) is 0. The van der Waals surface area contributed by atoms with Gasteiger partial charge in [0.2, 0.25) is 0 Å². The minimum atomic E-state index is 0.819. The molecule has 0 saturated carbocycles. The highest BCUT2D eigenvalue weighted by atomic mass is 16.3. The predicted molar refractivity (Wildman–Crippen MR) is 169 cm³/mol. The van der Waals surface area contributed by atoms with Crippen molar-refractivity contribution in [2.75, 3.05) is 0 Å². The molecule has 3 heteroatoms. The monoisotopic (exact) mass is 522 g/mol. The van der Waals surface area contributed by atoms with Crippen LogP contribution in [0.3, 0.4) is 0 Å². The molecule has 0 spiro atoms. The Kier molecular flexibility index (Phi) is 4.61. The second kappa shape index (κ2) is 8.48. The van der Waals surface area contributed by atoms with Gasteiger partial charge in [-0.3, -0.25) is 0 Å². The Morgan fingerprint density at radius 2 is 1.02 bits per heavy atom. The zero-order valence-corrected chi connectivity index (χ0v) is 22.0. The minimum Gasteiger partial charge on any atom is -0.455 e. The van der Waals surface area contributed by atoms with Gasteiger partial charge < -0.3 is 4.42 Å². The van der Waals surface area contributed by atoms with E-state index in [4.69, 9.17) is 14.4 Å². The van der Waals surface area contributed by atoms with Gasteiger partial charge in [-0.05, 0) is 63.0 Å². The first-order chi connectivity index (χ1) is 20.3. The summed E-state index contributed by atoms with van der Waals surface area (Å²) >= 11 is 0. The van der Waals surface area contributed by atoms with Crippen LogP contribution in [0.2, 0.25) is 0 Å². The number of benzene rings is 7. The lowest BCUT2D eigenvalue weighted by atomic mass is 9.92. The van der Waals surface area contributed by atoms with Gasteiger partial charge in [0, 0.05) is 21.9 Å². The molecule has 2 aromatic heterocycles. The van der Waals surface area contributed by atoms with E-state index < -0.39 is 0 Å². The molecule has 3 nitrogen and oxygen atoms in total. The number of para-hydroxylation sites is 2. The van der Waals surface area contributed by atoms with Crippen LogP contribution in [-0.4, -0.2) is 9.97 Å². The first kappa shape index (κ1) is 22.3. The largest absolute Gasteiger partial charge is 0.455 e. The molecule has 9 rings (SSSR count). The normalized spacial score (nSPS) is 11.9. The van der Waals surface area contributed by atoms with Crippen molar-refractivity contribution in [2.45, 2.75) is 0 Å². The van der Waals surface area contributed by atoms with Crippen molar-refractivity contribution >= 4 is 54.5 Å². The molecule has 0 fully saturated rings. The Balaban J connectivity index is 1.38. The Morgan fingerprint density at radius 3 is 1.83 bits per heavy atom. The molecule has 0 atom stereocenters. The SMILES string of the molecule is c1ccc(-c2cccc(-c3nc4ccccc4nc3-c3ccc4c5ccccc5c5cccc6oc3c4c65)c2)cc1. The Labute approximate surface area is 235 Å². The molecular weight excluding hydrogens is 500 g/mol. The van der Waals surface area contributed by atoms with Gasteiger partial charge >= 0.3 is 0 Å². The van der Waals surface area contributed by atoms with E-state index in [1.807, 2.05) is 30.3 Å². The highest BCUT2D eigenvalue weighted by Gasteiger charge is 2.23. The van der Waals surface area contributed by atoms with E-state index in [0.717, 1.165) is 55.7 Å². The number of hydrogen-bond donors (Lipinski definition) is 0. The van der Waals surface area contributed by atoms with Crippen LogP contribution >= 0.6 is 0 Å². The summed E-state index contributed by atoms with van der Waals surface area (Å²) in [7, 11) is 0. The molecule has 190 valence electrons. The van der Waals surface area contributed by atoms with Gasteiger partial charge in [-0.2, -0.15) is 0 Å². The maximum Gasteiger partial charge on any atom is 0.145 e. The smallest absolute Gasteiger partial charge is 0.145 e. The van der Waals surface area contributed by atoms with Crippen LogP contribution < -0.4 is 0 Å². The highest BCUT2D eigenvalue weighted by molar-refractivity contribution is 6.34. The summed E-state index contributed by atoms with van der Waals surface area (Å²) in [5, 5.41) is 7.18. The van der Waals surface area contributed by atoms with Gasteiger partial charge in [0.05, 0.1) is 16.7 Å². The molecule has 0 amide bonds. The third-order valence-corrected chi connectivity index (χ3v) is 8.22. The molecule has 0 aliphatic heterocycles. The van der Waals surface area contributed by atoms with Gasteiger partial charge in [-0.15, -0.1) is 0 Å². The fourth-order valence-corrected chi connectivity index (χ4v) is 6.37. The summed E-state index contributed by atoms with van der Waals surface area (Å²) in [5.74, 6) is 0. The third kappa shape index (κ3) is 3.26. The van der Waals surface area contributed by atoms with Gasteiger partial charge in [0.1, 0.15) is 16.9 Å². The van der Waals surface area contributed by atoms with Crippen molar-refractivity contribution in [1.82, 2.24) is 9.97 Å². The molecule has 0 bridgehead atoms. The van der Waals surface area contributed by atoms with E-state index in [2.05, 4.69) is 103 Å². The topological polar surface area (TPSA) is 38.9 Å². The van der Waals surface area contributed by atoms with Crippen LogP contribution in [0.15, 0.2) is 138 Å². The van der Waals surface area contributed by atoms with Gasteiger partial charge in [-0.25, -0.2) is 9.97 Å². The lowest BCUT2D eigenvalue weighted by Crippen LogP contribution is -1.96. The molecule has 0 aliphatic rings. The van der Waals surface area contributed by atoms with E-state index in [9.17, 15) is 0 Å². The zero-order chi connectivity index (χ0) is 26.9. The van der Waals surface area contributed by atoms with Crippen LogP contribution in [-0.2, 0) is 0 Å². The quantitative estimate of drug-likeness (QED) is 0.217. The van der Waals surface area contributed by atoms with Crippen molar-refractivity contribution in [3.05, 3.63) is 133 Å². The third-order valence-electron chi connectivity index (χ3n) is 8.22. The summed E-state index contributed by atoms with van der Waals surface area (Å²) in [5.41, 5.74) is 9.41. The molecular formula is C38H22N2O. The zero-order valence-electron chi connectivity index (χ0n) is 22.0. The minimum absolute atomic E-state index is 0.819. The summed E-state index contributed by atoms with van der Waals surface area (Å²) in [6, 6.07) is 46.4. The summed E-state index contributed by atoms with van der Waals surface area (Å²) in [6.07, 6.45) is 0. The lowest BCUT2D eigenvalue weighted by Gasteiger charge is -2.13. The second-order valence-electron chi connectivity index (χ2n) is 10.5. The number of furan rings is 1. The van der Waals surface area contributed by atoms with E-state index in [1.165, 1.54) is 32.5 Å². The molecule has 2 heterocycles. The maximum absolute atomic E-state index is 6.70. The predicted octanol–water partition coefficient (Wildman–Crippen LogP) is 10.3. The van der Waals surface area contributed by atoms with Crippen LogP contribution in [0.4, 0.5) is 0 Å². The second-order valence-corrected chi connectivity index (χ2v) is 10.5.